The standard InChI is InChI=1S/C21H34N2OSi/c1-21(2,3)25(4,5)24-16-18-13-14-19(17-10-7-6-8-11-17)23(18)20-12-9-15-22-20/h6-8,10-11,18-19H,9,12-16H2,1-5H3/t18-,19-/m1/s1. The van der Waals surface area contributed by atoms with Crippen molar-refractivity contribution in [2.45, 2.75) is 76.7 Å². The fraction of sp³-hybridized carbons (Fsp3) is 0.667. The van der Waals surface area contributed by atoms with Gasteiger partial charge >= 0.3 is 0 Å². The van der Waals surface area contributed by atoms with Gasteiger partial charge in [-0.1, -0.05) is 51.1 Å². The Morgan fingerprint density at radius 3 is 2.48 bits per heavy atom. The van der Waals surface area contributed by atoms with Gasteiger partial charge in [-0.2, -0.15) is 0 Å². The van der Waals surface area contributed by atoms with Crippen LogP contribution in [0, 0.1) is 0 Å². The van der Waals surface area contributed by atoms with Crippen molar-refractivity contribution in [1.82, 2.24) is 4.90 Å². The number of likely N-dealkylation sites (tertiary alicyclic amines) is 1. The zero-order chi connectivity index (χ0) is 18.1. The van der Waals surface area contributed by atoms with E-state index in [1.54, 1.807) is 0 Å². The number of aliphatic imine (C=N–C) groups is 1. The van der Waals surface area contributed by atoms with Crippen LogP contribution < -0.4 is 0 Å². The van der Waals surface area contributed by atoms with Crippen molar-refractivity contribution in [1.29, 1.82) is 0 Å². The first-order valence-corrected chi connectivity index (χ1v) is 12.7. The molecule has 1 aromatic rings. The SMILES string of the molecule is CC(C)(C)[Si](C)(C)OC[C@H]1CC[C@H](c2ccccc2)N1C1=NCCC1. The number of hydrogen-bond acceptors (Lipinski definition) is 3. The van der Waals surface area contributed by atoms with Crippen LogP contribution in [0.15, 0.2) is 35.3 Å². The Kier molecular flexibility index (Phi) is 5.40. The van der Waals surface area contributed by atoms with Crippen LogP contribution in [0.25, 0.3) is 0 Å². The first kappa shape index (κ1) is 18.7. The highest BCUT2D eigenvalue weighted by Crippen LogP contribution is 2.40. The monoisotopic (exact) mass is 358 g/mol. The third kappa shape index (κ3) is 4.00. The van der Waals surface area contributed by atoms with Gasteiger partial charge in [-0.15, -0.1) is 0 Å². The molecule has 0 amide bonds. The number of hydrogen-bond donors (Lipinski definition) is 0. The maximum absolute atomic E-state index is 6.59. The van der Waals surface area contributed by atoms with Crippen molar-refractivity contribution in [2.24, 2.45) is 4.99 Å². The topological polar surface area (TPSA) is 24.8 Å². The summed E-state index contributed by atoms with van der Waals surface area (Å²) in [7, 11) is -1.71. The molecule has 0 spiro atoms. The highest BCUT2D eigenvalue weighted by atomic mass is 28.4. The molecule has 0 N–H and O–H groups in total. The van der Waals surface area contributed by atoms with Crippen molar-refractivity contribution in [2.75, 3.05) is 13.2 Å². The van der Waals surface area contributed by atoms with E-state index in [0.29, 0.717) is 12.1 Å². The third-order valence-corrected chi connectivity index (χ3v) is 10.8. The normalized spacial score (nSPS) is 24.7. The van der Waals surface area contributed by atoms with Crippen molar-refractivity contribution in [3.8, 4) is 0 Å². The maximum atomic E-state index is 6.59. The van der Waals surface area contributed by atoms with Crippen LogP contribution in [-0.2, 0) is 4.43 Å². The number of nitrogens with zero attached hydrogens (tertiary/aromatic N) is 2. The van der Waals surface area contributed by atoms with Gasteiger partial charge in [0, 0.05) is 13.0 Å². The zero-order valence-corrected chi connectivity index (χ0v) is 17.6. The molecule has 0 unspecified atom stereocenters. The largest absolute Gasteiger partial charge is 0.415 e. The molecule has 2 heterocycles. The Bertz CT molecular complexity index is 606. The van der Waals surface area contributed by atoms with E-state index >= 15 is 0 Å². The van der Waals surface area contributed by atoms with Crippen LogP contribution in [0.2, 0.25) is 18.1 Å². The van der Waals surface area contributed by atoms with E-state index in [2.05, 4.69) is 69.1 Å². The number of rotatable bonds is 4. The molecule has 25 heavy (non-hydrogen) atoms. The average molecular weight is 359 g/mol. The van der Waals surface area contributed by atoms with E-state index in [9.17, 15) is 0 Å². The number of benzene rings is 1. The highest BCUT2D eigenvalue weighted by molar-refractivity contribution is 6.74. The summed E-state index contributed by atoms with van der Waals surface area (Å²) >= 11 is 0. The smallest absolute Gasteiger partial charge is 0.192 e. The highest BCUT2D eigenvalue weighted by Gasteiger charge is 2.41. The van der Waals surface area contributed by atoms with Crippen molar-refractivity contribution < 1.29 is 4.43 Å². The van der Waals surface area contributed by atoms with Crippen LogP contribution in [0.5, 0.6) is 0 Å². The summed E-state index contributed by atoms with van der Waals surface area (Å²) < 4.78 is 6.59. The van der Waals surface area contributed by atoms with Gasteiger partial charge in [0.25, 0.3) is 0 Å². The Morgan fingerprint density at radius 2 is 1.88 bits per heavy atom. The first-order chi connectivity index (χ1) is 11.8. The maximum Gasteiger partial charge on any atom is 0.192 e. The van der Waals surface area contributed by atoms with Gasteiger partial charge in [-0.05, 0) is 43.0 Å². The fourth-order valence-electron chi connectivity index (χ4n) is 3.70. The van der Waals surface area contributed by atoms with Gasteiger partial charge in [0.1, 0.15) is 0 Å². The second kappa shape index (κ2) is 7.24. The molecule has 1 saturated heterocycles. The summed E-state index contributed by atoms with van der Waals surface area (Å²) in [6, 6.07) is 11.9. The molecule has 2 aliphatic rings. The molecule has 3 nitrogen and oxygen atoms in total. The lowest BCUT2D eigenvalue weighted by Gasteiger charge is -2.39. The predicted molar refractivity (Wildman–Crippen MR) is 109 cm³/mol. The van der Waals surface area contributed by atoms with Crippen LogP contribution in [-0.4, -0.2) is 38.2 Å². The van der Waals surface area contributed by atoms with Crippen LogP contribution >= 0.6 is 0 Å². The van der Waals surface area contributed by atoms with Gasteiger partial charge in [0.2, 0.25) is 0 Å². The molecular formula is C21H34N2OSi. The Balaban J connectivity index is 1.77. The van der Waals surface area contributed by atoms with Crippen LogP contribution in [0.1, 0.15) is 58.1 Å². The van der Waals surface area contributed by atoms with E-state index in [-0.39, 0.29) is 5.04 Å². The third-order valence-electron chi connectivity index (χ3n) is 6.28. The Hall–Kier alpha value is -1.13. The summed E-state index contributed by atoms with van der Waals surface area (Å²) in [6.45, 7) is 13.5. The van der Waals surface area contributed by atoms with Gasteiger partial charge in [-0.25, -0.2) is 0 Å². The molecule has 4 heteroatoms. The molecular weight excluding hydrogens is 324 g/mol. The second-order valence-corrected chi connectivity index (χ2v) is 13.8. The molecule has 0 bridgehead atoms. The Labute approximate surface area is 154 Å². The van der Waals surface area contributed by atoms with E-state index in [0.717, 1.165) is 19.6 Å². The summed E-state index contributed by atoms with van der Waals surface area (Å²) in [5.74, 6) is 1.31. The quantitative estimate of drug-likeness (QED) is 0.673. The minimum absolute atomic E-state index is 0.264. The summed E-state index contributed by atoms with van der Waals surface area (Å²) in [4.78, 5) is 7.44. The van der Waals surface area contributed by atoms with Gasteiger partial charge in [0.15, 0.2) is 8.32 Å². The Morgan fingerprint density at radius 1 is 1.16 bits per heavy atom. The molecule has 3 rings (SSSR count). The van der Waals surface area contributed by atoms with Crippen LogP contribution in [0.3, 0.4) is 0 Å². The van der Waals surface area contributed by atoms with E-state index in [1.165, 1.54) is 30.7 Å². The zero-order valence-electron chi connectivity index (χ0n) is 16.6. The lowest BCUT2D eigenvalue weighted by atomic mass is 10.0. The van der Waals surface area contributed by atoms with Crippen LogP contribution in [0.4, 0.5) is 0 Å². The van der Waals surface area contributed by atoms with Crippen molar-refractivity contribution in [3.05, 3.63) is 35.9 Å². The minimum atomic E-state index is -1.71. The number of amidine groups is 1. The first-order valence-electron chi connectivity index (χ1n) is 9.80. The summed E-state index contributed by atoms with van der Waals surface area (Å²) in [5.41, 5.74) is 1.42. The van der Waals surface area contributed by atoms with E-state index in [4.69, 9.17) is 9.42 Å². The molecule has 0 radical (unpaired) electrons. The molecule has 0 aliphatic carbocycles. The van der Waals surface area contributed by atoms with Gasteiger partial charge < -0.3 is 9.33 Å². The van der Waals surface area contributed by atoms with Gasteiger partial charge in [-0.3, -0.25) is 4.99 Å². The molecule has 138 valence electrons. The fourth-order valence-corrected chi connectivity index (χ4v) is 4.74. The lowest BCUT2D eigenvalue weighted by Crippen LogP contribution is -2.46. The van der Waals surface area contributed by atoms with Gasteiger partial charge in [0.05, 0.1) is 24.5 Å². The van der Waals surface area contributed by atoms with Crippen molar-refractivity contribution in [3.63, 3.8) is 0 Å². The molecule has 1 fully saturated rings. The van der Waals surface area contributed by atoms with Crippen molar-refractivity contribution >= 4 is 14.2 Å². The van der Waals surface area contributed by atoms with E-state index < -0.39 is 8.32 Å². The molecule has 2 atom stereocenters. The second-order valence-electron chi connectivity index (χ2n) is 9.04. The predicted octanol–water partition coefficient (Wildman–Crippen LogP) is 5.41. The minimum Gasteiger partial charge on any atom is -0.415 e. The summed E-state index contributed by atoms with van der Waals surface area (Å²) in [6.07, 6.45) is 4.73. The molecule has 1 aromatic carbocycles. The molecule has 0 aromatic heterocycles. The summed E-state index contributed by atoms with van der Waals surface area (Å²) in [5, 5.41) is 0.264. The molecule has 0 saturated carbocycles. The van der Waals surface area contributed by atoms with E-state index in [1.807, 2.05) is 0 Å². The molecule has 2 aliphatic heterocycles. The lowest BCUT2D eigenvalue weighted by molar-refractivity contribution is 0.192. The average Bonchev–Trinajstić information content (AvgIpc) is 3.22.